The molecule has 2 aromatic carbocycles. The minimum absolute atomic E-state index is 0.193. The highest BCUT2D eigenvalue weighted by Gasteiger charge is 2.47. The van der Waals surface area contributed by atoms with Gasteiger partial charge >= 0.3 is 0 Å². The maximum Gasteiger partial charge on any atom is 0.240 e. The van der Waals surface area contributed by atoms with Crippen molar-refractivity contribution in [3.8, 4) is 22.7 Å². The summed E-state index contributed by atoms with van der Waals surface area (Å²) in [6.07, 6.45) is 4.88. The van der Waals surface area contributed by atoms with Crippen LogP contribution in [0.5, 0.6) is 0 Å². The molecule has 182 valence electrons. The van der Waals surface area contributed by atoms with Crippen LogP contribution in [0.15, 0.2) is 59.1 Å². The number of rotatable bonds is 6. The Labute approximate surface area is 205 Å². The summed E-state index contributed by atoms with van der Waals surface area (Å²) in [7, 11) is 0. The van der Waals surface area contributed by atoms with Crippen molar-refractivity contribution in [2.45, 2.75) is 52.6 Å². The van der Waals surface area contributed by atoms with Gasteiger partial charge in [0, 0.05) is 18.7 Å². The molecule has 0 spiro atoms. The van der Waals surface area contributed by atoms with Crippen molar-refractivity contribution in [2.75, 3.05) is 0 Å². The van der Waals surface area contributed by atoms with Crippen LogP contribution in [0.1, 0.15) is 52.5 Å². The van der Waals surface area contributed by atoms with Gasteiger partial charge in [-0.15, -0.1) is 0 Å². The summed E-state index contributed by atoms with van der Waals surface area (Å²) in [5, 5.41) is 7.46. The largest absolute Gasteiger partial charge is 0.436 e. The van der Waals surface area contributed by atoms with Crippen LogP contribution in [0.2, 0.25) is 0 Å². The molecule has 1 aliphatic rings. The van der Waals surface area contributed by atoms with Crippen LogP contribution >= 0.6 is 0 Å². The molecular formula is C28H32N4O3. The maximum absolute atomic E-state index is 11.8. The lowest BCUT2D eigenvalue weighted by Gasteiger charge is -2.47. The molecule has 5 rings (SSSR count). The molecule has 1 aliphatic carbocycles. The minimum Gasteiger partial charge on any atom is -0.436 e. The quantitative estimate of drug-likeness (QED) is 0.324. The van der Waals surface area contributed by atoms with Gasteiger partial charge in [-0.05, 0) is 48.3 Å². The molecule has 7 nitrogen and oxygen atoms in total. The van der Waals surface area contributed by atoms with E-state index in [4.69, 9.17) is 9.25 Å². The Morgan fingerprint density at radius 2 is 1.94 bits per heavy atom. The summed E-state index contributed by atoms with van der Waals surface area (Å²) < 4.78 is 5.98. The number of hydrogen-bond acceptors (Lipinski definition) is 5. The Bertz CT molecular complexity index is 1290. The van der Waals surface area contributed by atoms with Gasteiger partial charge in [0.05, 0.1) is 5.56 Å². The number of nitrogens with zero attached hydrogens (tertiary/aromatic N) is 2. The first kappa shape index (κ1) is 23.3. The van der Waals surface area contributed by atoms with Gasteiger partial charge in [0.1, 0.15) is 16.8 Å². The molecule has 1 fully saturated rings. The Kier molecular flexibility index (Phi) is 6.19. The van der Waals surface area contributed by atoms with E-state index in [1.54, 1.807) is 0 Å². The molecule has 0 radical (unpaired) electrons. The second kappa shape index (κ2) is 9.30. The summed E-state index contributed by atoms with van der Waals surface area (Å²) >= 11 is 0. The summed E-state index contributed by atoms with van der Waals surface area (Å²) in [6, 6.07) is 16.1. The van der Waals surface area contributed by atoms with Crippen molar-refractivity contribution in [3.05, 3.63) is 60.3 Å². The van der Waals surface area contributed by atoms with Crippen molar-refractivity contribution < 1.29 is 14.0 Å². The molecule has 1 saturated carbocycles. The molecular weight excluding hydrogens is 440 g/mol. The molecule has 35 heavy (non-hydrogen) atoms. The van der Waals surface area contributed by atoms with Crippen molar-refractivity contribution in [1.82, 2.24) is 20.7 Å². The number of hydrogen-bond donors (Lipinski definition) is 2. The number of oxazole rings is 1. The first-order valence-electron chi connectivity index (χ1n) is 12.3. The molecule has 2 N–H and O–H groups in total. The third kappa shape index (κ3) is 4.36. The van der Waals surface area contributed by atoms with E-state index in [-0.39, 0.29) is 11.8 Å². The van der Waals surface area contributed by atoms with Crippen molar-refractivity contribution in [2.24, 2.45) is 17.8 Å². The fourth-order valence-corrected chi connectivity index (χ4v) is 5.58. The fourth-order valence-electron chi connectivity index (χ4n) is 5.58. The zero-order valence-electron chi connectivity index (χ0n) is 20.7. The summed E-state index contributed by atoms with van der Waals surface area (Å²) in [6.45, 7) is 8.21. The molecule has 3 atom stereocenters. The minimum atomic E-state index is -0.579. The van der Waals surface area contributed by atoms with Gasteiger partial charge in [-0.25, -0.2) is 10.5 Å². The number of carbonyl (C=O) groups is 1. The number of aromatic amines is 1. The average Bonchev–Trinajstić information content (AvgIpc) is 3.49. The van der Waals surface area contributed by atoms with E-state index in [0.29, 0.717) is 17.7 Å². The first-order chi connectivity index (χ1) is 16.9. The van der Waals surface area contributed by atoms with Crippen LogP contribution in [0.3, 0.4) is 0 Å². The second-order valence-electron chi connectivity index (χ2n) is 10.1. The smallest absolute Gasteiger partial charge is 0.240 e. The van der Waals surface area contributed by atoms with Gasteiger partial charge in [0.2, 0.25) is 11.8 Å². The van der Waals surface area contributed by atoms with Crippen molar-refractivity contribution >= 4 is 17.0 Å². The molecule has 2 aromatic heterocycles. The summed E-state index contributed by atoms with van der Waals surface area (Å²) in [5.74, 6) is 1.53. The molecule has 1 amide bonds. The van der Waals surface area contributed by atoms with E-state index < -0.39 is 5.60 Å². The van der Waals surface area contributed by atoms with Gasteiger partial charge in [-0.2, -0.15) is 5.10 Å². The van der Waals surface area contributed by atoms with Crippen LogP contribution < -0.4 is 5.48 Å². The number of carbonyl (C=O) groups excluding carboxylic acids is 1. The van der Waals surface area contributed by atoms with E-state index in [1.807, 2.05) is 30.5 Å². The zero-order chi connectivity index (χ0) is 24.6. The normalized spacial score (nSPS) is 22.5. The molecule has 2 heterocycles. The van der Waals surface area contributed by atoms with Crippen LogP contribution in [-0.4, -0.2) is 21.1 Å². The molecule has 0 bridgehead atoms. The molecule has 0 aliphatic heterocycles. The topological polar surface area (TPSA) is 93.0 Å². The number of H-pyrrole nitrogens is 1. The predicted molar refractivity (Wildman–Crippen MR) is 135 cm³/mol. The third-order valence-corrected chi connectivity index (χ3v) is 7.21. The number of amides is 1. The highest BCUT2D eigenvalue weighted by atomic mass is 16.7. The van der Waals surface area contributed by atoms with Crippen LogP contribution in [-0.2, 0) is 15.2 Å². The third-order valence-electron chi connectivity index (χ3n) is 7.21. The highest BCUT2D eigenvalue weighted by Crippen LogP contribution is 2.49. The first-order valence-corrected chi connectivity index (χ1v) is 12.3. The highest BCUT2D eigenvalue weighted by molar-refractivity contribution is 5.81. The maximum atomic E-state index is 11.8. The lowest BCUT2D eigenvalue weighted by molar-refractivity contribution is -0.188. The molecule has 4 aromatic rings. The van der Waals surface area contributed by atoms with Crippen LogP contribution in [0, 0.1) is 17.8 Å². The van der Waals surface area contributed by atoms with E-state index in [0.717, 1.165) is 52.7 Å². The van der Waals surface area contributed by atoms with Gasteiger partial charge in [-0.3, -0.25) is 14.7 Å². The van der Waals surface area contributed by atoms with E-state index in [2.05, 4.69) is 65.7 Å². The van der Waals surface area contributed by atoms with Gasteiger partial charge in [0.25, 0.3) is 0 Å². The monoisotopic (exact) mass is 472 g/mol. The summed E-state index contributed by atoms with van der Waals surface area (Å²) in [4.78, 5) is 22.7. The average molecular weight is 473 g/mol. The molecule has 0 saturated heterocycles. The van der Waals surface area contributed by atoms with Gasteiger partial charge in [-0.1, -0.05) is 63.6 Å². The Balaban J connectivity index is 1.52. The number of fused-ring (bicyclic) bond motifs is 1. The van der Waals surface area contributed by atoms with E-state index in [9.17, 15) is 4.79 Å². The second-order valence-corrected chi connectivity index (χ2v) is 10.1. The SMILES string of the molecule is CC(=O)NOC1(c2ccc(-c3n[nH]cc3-c3nc4ccccc4o3)cc2)CC(C)CCC1C(C)C. The van der Waals surface area contributed by atoms with Crippen LogP contribution in [0.4, 0.5) is 0 Å². The fraction of sp³-hybridized carbons (Fsp3) is 0.393. The van der Waals surface area contributed by atoms with Gasteiger partial charge in [0.15, 0.2) is 5.58 Å². The Morgan fingerprint density at radius 1 is 1.17 bits per heavy atom. The van der Waals surface area contributed by atoms with Crippen LogP contribution in [0.25, 0.3) is 33.8 Å². The lowest BCUT2D eigenvalue weighted by Crippen LogP contribution is -2.49. The zero-order valence-corrected chi connectivity index (χ0v) is 20.7. The summed E-state index contributed by atoms with van der Waals surface area (Å²) in [5.41, 5.74) is 7.25. The standard InChI is InChI=1S/C28H32N4O3/c1-17(2)23-14-9-18(3)15-28(23,35-32-19(4)33)21-12-10-20(11-13-21)26-22(16-29-31-26)27-30-24-7-5-6-8-25(24)34-27/h5-8,10-13,16-18,23H,9,14-15H2,1-4H3,(H,29,31)(H,32,33). The molecule has 3 unspecified atom stereocenters. The van der Waals surface area contributed by atoms with Gasteiger partial charge < -0.3 is 4.42 Å². The number of hydroxylamine groups is 1. The lowest BCUT2D eigenvalue weighted by atomic mass is 9.64. The number of nitrogens with one attached hydrogen (secondary N) is 2. The van der Waals surface area contributed by atoms with Crippen molar-refractivity contribution in [1.29, 1.82) is 0 Å². The van der Waals surface area contributed by atoms with Crippen molar-refractivity contribution in [3.63, 3.8) is 0 Å². The number of aromatic nitrogens is 3. The van der Waals surface area contributed by atoms with E-state index in [1.165, 1.54) is 6.92 Å². The Morgan fingerprint density at radius 3 is 2.66 bits per heavy atom. The number of benzene rings is 2. The predicted octanol–water partition coefficient (Wildman–Crippen LogP) is 6.24. The van der Waals surface area contributed by atoms with E-state index >= 15 is 0 Å². The Hall–Kier alpha value is -3.45. The number of para-hydroxylation sites is 2. The molecule has 7 heteroatoms.